The summed E-state index contributed by atoms with van der Waals surface area (Å²) >= 11 is 0. The molecule has 1 rings (SSSR count). The van der Waals surface area contributed by atoms with Crippen LogP contribution in [0.3, 0.4) is 0 Å². The summed E-state index contributed by atoms with van der Waals surface area (Å²) in [5.41, 5.74) is 1.11. The van der Waals surface area contributed by atoms with Crippen molar-refractivity contribution in [2.45, 2.75) is 12.7 Å². The zero-order chi connectivity index (χ0) is 11.8. The first-order valence-corrected chi connectivity index (χ1v) is 5.19. The van der Waals surface area contributed by atoms with Gasteiger partial charge in [-0.15, -0.1) is 6.58 Å². The maximum Gasteiger partial charge on any atom is 0.191 e. The van der Waals surface area contributed by atoms with Gasteiger partial charge < -0.3 is 14.2 Å². The highest BCUT2D eigenvalue weighted by atomic mass is 16.7. The average molecular weight is 222 g/mol. The lowest BCUT2D eigenvalue weighted by Crippen LogP contribution is -2.22. The van der Waals surface area contributed by atoms with Gasteiger partial charge in [0.2, 0.25) is 0 Å². The molecule has 0 bridgehead atoms. The Labute approximate surface area is 96.6 Å². The second-order valence-electron chi connectivity index (χ2n) is 3.31. The van der Waals surface area contributed by atoms with Crippen molar-refractivity contribution >= 4 is 0 Å². The summed E-state index contributed by atoms with van der Waals surface area (Å²) in [7, 11) is 3.18. The van der Waals surface area contributed by atoms with E-state index in [1.807, 2.05) is 30.3 Å². The van der Waals surface area contributed by atoms with Crippen LogP contribution in [0.2, 0.25) is 0 Å². The smallest absolute Gasteiger partial charge is 0.191 e. The Morgan fingerprint density at radius 2 is 1.94 bits per heavy atom. The normalized spacial score (nSPS) is 10.4. The molecule has 0 heterocycles. The molecule has 3 heteroatoms. The summed E-state index contributed by atoms with van der Waals surface area (Å²) in [6.45, 7) is 4.10. The largest absolute Gasteiger partial charge is 0.488 e. The molecule has 0 spiro atoms. The monoisotopic (exact) mass is 222 g/mol. The highest BCUT2D eigenvalue weighted by Crippen LogP contribution is 2.19. The summed E-state index contributed by atoms with van der Waals surface area (Å²) in [4.78, 5) is 0. The lowest BCUT2D eigenvalue weighted by Gasteiger charge is -2.16. The van der Waals surface area contributed by atoms with E-state index in [1.165, 1.54) is 0 Å². The molecule has 1 aromatic rings. The fourth-order valence-corrected chi connectivity index (χ4v) is 1.36. The zero-order valence-corrected chi connectivity index (χ0v) is 9.81. The number of allylic oxidation sites excluding steroid dienone is 1. The lowest BCUT2D eigenvalue weighted by atomic mass is 10.1. The molecule has 1 aromatic carbocycles. The van der Waals surface area contributed by atoms with E-state index >= 15 is 0 Å². The number of ether oxygens (including phenoxy) is 3. The number of para-hydroxylation sites is 1. The summed E-state index contributed by atoms with van der Waals surface area (Å²) in [5, 5.41) is 0. The van der Waals surface area contributed by atoms with Gasteiger partial charge in [-0.25, -0.2) is 0 Å². The van der Waals surface area contributed by atoms with Crippen LogP contribution in [0.4, 0.5) is 0 Å². The van der Waals surface area contributed by atoms with Crippen molar-refractivity contribution in [3.05, 3.63) is 42.5 Å². The quantitative estimate of drug-likeness (QED) is 0.524. The third-order valence-electron chi connectivity index (χ3n) is 2.24. The number of hydrogen-bond acceptors (Lipinski definition) is 3. The van der Waals surface area contributed by atoms with E-state index in [2.05, 4.69) is 6.58 Å². The van der Waals surface area contributed by atoms with Gasteiger partial charge in [-0.2, -0.15) is 0 Å². The third kappa shape index (κ3) is 3.68. The molecule has 0 aliphatic heterocycles. The number of benzene rings is 1. The van der Waals surface area contributed by atoms with Gasteiger partial charge in [0, 0.05) is 14.2 Å². The van der Waals surface area contributed by atoms with Gasteiger partial charge in [0.25, 0.3) is 0 Å². The molecule has 0 saturated carbocycles. The molecule has 0 N–H and O–H groups in total. The zero-order valence-electron chi connectivity index (χ0n) is 9.81. The highest BCUT2D eigenvalue weighted by Gasteiger charge is 2.07. The molecule has 0 unspecified atom stereocenters. The maximum atomic E-state index is 5.64. The van der Waals surface area contributed by atoms with Crippen LogP contribution in [0.1, 0.15) is 5.56 Å². The maximum absolute atomic E-state index is 5.64. The molecule has 0 aliphatic rings. The predicted octanol–water partition coefficient (Wildman–Crippen LogP) is 2.41. The van der Waals surface area contributed by atoms with Gasteiger partial charge in [0.15, 0.2) is 6.29 Å². The summed E-state index contributed by atoms with van der Waals surface area (Å²) in [6.07, 6.45) is 2.31. The Morgan fingerprint density at radius 3 is 2.56 bits per heavy atom. The van der Waals surface area contributed by atoms with E-state index in [0.29, 0.717) is 6.61 Å². The molecule has 0 radical (unpaired) electrons. The fourth-order valence-electron chi connectivity index (χ4n) is 1.36. The van der Waals surface area contributed by atoms with E-state index in [4.69, 9.17) is 14.2 Å². The van der Waals surface area contributed by atoms with Crippen LogP contribution in [-0.2, 0) is 15.9 Å². The van der Waals surface area contributed by atoms with Crippen LogP contribution >= 0.6 is 0 Å². The first kappa shape index (κ1) is 12.7. The van der Waals surface area contributed by atoms with Crippen LogP contribution in [0, 0.1) is 0 Å². The first-order valence-electron chi connectivity index (χ1n) is 5.19. The Balaban J connectivity index is 2.61. The topological polar surface area (TPSA) is 27.7 Å². The van der Waals surface area contributed by atoms with Crippen LogP contribution in [0.25, 0.3) is 0 Å². The second-order valence-corrected chi connectivity index (χ2v) is 3.31. The average Bonchev–Trinajstić information content (AvgIpc) is 2.33. The van der Waals surface area contributed by atoms with Crippen LogP contribution in [-0.4, -0.2) is 27.1 Å². The van der Waals surface area contributed by atoms with E-state index in [0.717, 1.165) is 17.7 Å². The molecular weight excluding hydrogens is 204 g/mol. The van der Waals surface area contributed by atoms with Gasteiger partial charge in [0.05, 0.1) is 0 Å². The lowest BCUT2D eigenvalue weighted by molar-refractivity contribution is -0.122. The van der Waals surface area contributed by atoms with E-state index < -0.39 is 0 Å². The molecule has 0 aliphatic carbocycles. The molecule has 3 nitrogen and oxygen atoms in total. The Bertz CT molecular complexity index is 319. The molecule has 0 atom stereocenters. The van der Waals surface area contributed by atoms with Crippen molar-refractivity contribution in [1.29, 1.82) is 0 Å². The third-order valence-corrected chi connectivity index (χ3v) is 2.24. The van der Waals surface area contributed by atoms with Crippen molar-refractivity contribution in [1.82, 2.24) is 0 Å². The molecule has 16 heavy (non-hydrogen) atoms. The van der Waals surface area contributed by atoms with Crippen molar-refractivity contribution in [3.63, 3.8) is 0 Å². The SMILES string of the molecule is C=CCc1ccccc1OCC(OC)OC. The van der Waals surface area contributed by atoms with Crippen molar-refractivity contribution in [2.75, 3.05) is 20.8 Å². The van der Waals surface area contributed by atoms with Gasteiger partial charge in [-0.3, -0.25) is 0 Å². The minimum atomic E-state index is -0.336. The van der Waals surface area contributed by atoms with Crippen LogP contribution in [0.15, 0.2) is 36.9 Å². The van der Waals surface area contributed by atoms with E-state index in [1.54, 1.807) is 14.2 Å². The summed E-state index contributed by atoms with van der Waals surface area (Å²) in [6, 6.07) is 7.87. The standard InChI is InChI=1S/C13H18O3/c1-4-7-11-8-5-6-9-12(11)16-10-13(14-2)15-3/h4-6,8-9,13H,1,7,10H2,2-3H3. The number of rotatable bonds is 7. The fraction of sp³-hybridized carbons (Fsp3) is 0.385. The van der Waals surface area contributed by atoms with Crippen molar-refractivity contribution < 1.29 is 14.2 Å². The Kier molecular flexibility index (Phi) is 5.61. The Morgan fingerprint density at radius 1 is 1.25 bits per heavy atom. The molecule has 88 valence electrons. The van der Waals surface area contributed by atoms with Gasteiger partial charge in [-0.05, 0) is 18.1 Å². The molecule has 0 aromatic heterocycles. The second kappa shape index (κ2) is 7.04. The Hall–Kier alpha value is -1.32. The van der Waals surface area contributed by atoms with Gasteiger partial charge >= 0.3 is 0 Å². The minimum Gasteiger partial charge on any atom is -0.488 e. The minimum absolute atomic E-state index is 0.336. The number of hydrogen-bond donors (Lipinski definition) is 0. The van der Waals surface area contributed by atoms with E-state index in [9.17, 15) is 0 Å². The molecular formula is C13H18O3. The molecule has 0 fully saturated rings. The van der Waals surface area contributed by atoms with Gasteiger partial charge in [0.1, 0.15) is 12.4 Å². The predicted molar refractivity (Wildman–Crippen MR) is 63.6 cm³/mol. The highest BCUT2D eigenvalue weighted by molar-refractivity contribution is 5.34. The molecule has 0 amide bonds. The van der Waals surface area contributed by atoms with Gasteiger partial charge in [-0.1, -0.05) is 24.3 Å². The number of methoxy groups -OCH3 is 2. The van der Waals surface area contributed by atoms with E-state index in [-0.39, 0.29) is 6.29 Å². The summed E-state index contributed by atoms with van der Waals surface area (Å²) < 4.78 is 15.7. The van der Waals surface area contributed by atoms with Crippen LogP contribution in [0.5, 0.6) is 5.75 Å². The van der Waals surface area contributed by atoms with Crippen molar-refractivity contribution in [2.24, 2.45) is 0 Å². The first-order chi connectivity index (χ1) is 7.81. The van der Waals surface area contributed by atoms with Crippen molar-refractivity contribution in [3.8, 4) is 5.75 Å². The van der Waals surface area contributed by atoms with Crippen LogP contribution < -0.4 is 4.74 Å². The summed E-state index contributed by atoms with van der Waals surface area (Å²) in [5.74, 6) is 0.849. The molecule has 0 saturated heterocycles.